The van der Waals surface area contributed by atoms with E-state index in [0.717, 1.165) is 11.9 Å². The number of hydrogen-bond donors (Lipinski definition) is 0. The lowest BCUT2D eigenvalue weighted by Crippen LogP contribution is -2.34. The van der Waals surface area contributed by atoms with Crippen LogP contribution in [0, 0.1) is 0 Å². The molecular formula is C17H20N2O3S. The molecule has 0 fully saturated rings. The lowest BCUT2D eigenvalue weighted by atomic mass is 9.99. The van der Waals surface area contributed by atoms with Crippen LogP contribution in [0.15, 0.2) is 54.7 Å². The predicted octanol–water partition coefficient (Wildman–Crippen LogP) is 1.87. The first kappa shape index (κ1) is 17.1. The van der Waals surface area contributed by atoms with Crippen molar-refractivity contribution in [3.63, 3.8) is 0 Å². The molecule has 2 aromatic rings. The first-order valence-corrected chi connectivity index (χ1v) is 9.30. The van der Waals surface area contributed by atoms with Crippen molar-refractivity contribution >= 4 is 15.7 Å². The van der Waals surface area contributed by atoms with Crippen molar-refractivity contribution in [2.24, 2.45) is 0 Å². The van der Waals surface area contributed by atoms with E-state index < -0.39 is 15.8 Å². The molecule has 0 saturated heterocycles. The van der Waals surface area contributed by atoms with E-state index in [9.17, 15) is 13.2 Å². The molecule has 1 amide bonds. The Bertz CT molecular complexity index is 746. The van der Waals surface area contributed by atoms with Gasteiger partial charge >= 0.3 is 0 Å². The molecule has 0 saturated carbocycles. The van der Waals surface area contributed by atoms with Crippen molar-refractivity contribution in [3.8, 4) is 0 Å². The third-order valence-corrected chi connectivity index (χ3v) is 4.41. The lowest BCUT2D eigenvalue weighted by molar-refractivity contribution is -0.131. The van der Waals surface area contributed by atoms with Crippen molar-refractivity contribution in [2.45, 2.75) is 12.5 Å². The second-order valence-electron chi connectivity index (χ2n) is 5.57. The van der Waals surface area contributed by atoms with Crippen molar-refractivity contribution in [3.05, 3.63) is 66.0 Å². The van der Waals surface area contributed by atoms with E-state index in [1.807, 2.05) is 24.3 Å². The number of likely N-dealkylation sites (N-methyl/N-ethyl adjacent to an activating group) is 1. The molecule has 1 heterocycles. The summed E-state index contributed by atoms with van der Waals surface area (Å²) in [5.41, 5.74) is 1.46. The van der Waals surface area contributed by atoms with Crippen LogP contribution in [-0.4, -0.2) is 43.3 Å². The zero-order valence-corrected chi connectivity index (χ0v) is 14.0. The summed E-state index contributed by atoms with van der Waals surface area (Å²) in [6, 6.07) is 14.5. The van der Waals surface area contributed by atoms with E-state index in [1.165, 1.54) is 4.90 Å². The Morgan fingerprint density at radius 2 is 1.78 bits per heavy atom. The van der Waals surface area contributed by atoms with E-state index in [0.29, 0.717) is 12.1 Å². The monoisotopic (exact) mass is 332 g/mol. The van der Waals surface area contributed by atoms with Gasteiger partial charge in [-0.1, -0.05) is 36.4 Å². The van der Waals surface area contributed by atoms with Crippen LogP contribution in [-0.2, 0) is 21.2 Å². The molecule has 1 aromatic carbocycles. The Kier molecular flexibility index (Phi) is 5.50. The second-order valence-corrected chi connectivity index (χ2v) is 7.76. The molecule has 0 bridgehead atoms. The molecule has 1 aromatic heterocycles. The molecule has 0 aliphatic carbocycles. The third-order valence-electron chi connectivity index (χ3n) is 3.47. The van der Waals surface area contributed by atoms with E-state index in [-0.39, 0.29) is 11.7 Å². The minimum atomic E-state index is -3.29. The Morgan fingerprint density at radius 3 is 2.35 bits per heavy atom. The first-order chi connectivity index (χ1) is 10.9. The van der Waals surface area contributed by atoms with Gasteiger partial charge in [0.1, 0.15) is 9.84 Å². The summed E-state index contributed by atoms with van der Waals surface area (Å²) >= 11 is 0. The topological polar surface area (TPSA) is 67.3 Å². The van der Waals surface area contributed by atoms with Crippen molar-refractivity contribution in [1.29, 1.82) is 0 Å². The number of hydrogen-bond acceptors (Lipinski definition) is 4. The highest BCUT2D eigenvalue weighted by molar-refractivity contribution is 7.90. The van der Waals surface area contributed by atoms with Gasteiger partial charge in [-0.25, -0.2) is 8.42 Å². The van der Waals surface area contributed by atoms with E-state index in [2.05, 4.69) is 4.98 Å². The summed E-state index contributed by atoms with van der Waals surface area (Å²) in [4.78, 5) is 18.5. The zero-order chi connectivity index (χ0) is 16.9. The number of nitrogens with zero attached hydrogens (tertiary/aromatic N) is 2. The number of amides is 1. The van der Waals surface area contributed by atoms with Gasteiger partial charge in [0.15, 0.2) is 0 Å². The highest BCUT2D eigenvalue weighted by atomic mass is 32.2. The van der Waals surface area contributed by atoms with Gasteiger partial charge in [-0.15, -0.1) is 0 Å². The number of carbonyl (C=O) groups is 1. The van der Waals surface area contributed by atoms with E-state index in [4.69, 9.17) is 0 Å². The molecule has 0 aliphatic rings. The molecule has 0 aliphatic heterocycles. The highest BCUT2D eigenvalue weighted by Gasteiger charge is 2.27. The molecular weight excluding hydrogens is 312 g/mol. The van der Waals surface area contributed by atoms with Gasteiger partial charge in [0.2, 0.25) is 5.91 Å². The van der Waals surface area contributed by atoms with Crippen LogP contribution in [0.25, 0.3) is 0 Å². The lowest BCUT2D eigenvalue weighted by Gasteiger charge is -2.23. The standard InChI is InChI=1S/C17H20N2O3S/c1-19(12-15-10-6-7-11-18-15)17(20)16(13-23(2,21)22)14-8-4-3-5-9-14/h3-11,16H,12-13H2,1-2H3/t16-/m0/s1. The Morgan fingerprint density at radius 1 is 1.13 bits per heavy atom. The van der Waals surface area contributed by atoms with Gasteiger partial charge in [0.25, 0.3) is 0 Å². The quantitative estimate of drug-likeness (QED) is 0.810. The predicted molar refractivity (Wildman–Crippen MR) is 89.6 cm³/mol. The van der Waals surface area contributed by atoms with Crippen molar-refractivity contribution in [2.75, 3.05) is 19.1 Å². The Labute approximate surface area is 136 Å². The molecule has 6 heteroatoms. The van der Waals surface area contributed by atoms with E-state index in [1.54, 1.807) is 37.5 Å². The molecule has 122 valence electrons. The van der Waals surface area contributed by atoms with Gasteiger partial charge < -0.3 is 4.90 Å². The van der Waals surface area contributed by atoms with Crippen LogP contribution in [0.2, 0.25) is 0 Å². The van der Waals surface area contributed by atoms with Gasteiger partial charge in [-0.05, 0) is 17.7 Å². The van der Waals surface area contributed by atoms with Crippen molar-refractivity contribution in [1.82, 2.24) is 9.88 Å². The Hall–Kier alpha value is -2.21. The van der Waals surface area contributed by atoms with E-state index >= 15 is 0 Å². The smallest absolute Gasteiger partial charge is 0.231 e. The van der Waals surface area contributed by atoms with Crippen LogP contribution >= 0.6 is 0 Å². The Balaban J connectivity index is 2.22. The molecule has 5 nitrogen and oxygen atoms in total. The number of benzene rings is 1. The minimum absolute atomic E-state index is 0.206. The number of aromatic nitrogens is 1. The summed E-state index contributed by atoms with van der Waals surface area (Å²) in [7, 11) is -1.62. The summed E-state index contributed by atoms with van der Waals surface area (Å²) in [6.07, 6.45) is 2.81. The maximum Gasteiger partial charge on any atom is 0.231 e. The molecule has 2 rings (SSSR count). The largest absolute Gasteiger partial charge is 0.339 e. The van der Waals surface area contributed by atoms with Crippen molar-refractivity contribution < 1.29 is 13.2 Å². The summed E-state index contributed by atoms with van der Waals surface area (Å²) < 4.78 is 23.4. The fourth-order valence-corrected chi connectivity index (χ4v) is 3.32. The van der Waals surface area contributed by atoms with Crippen LogP contribution in [0.4, 0.5) is 0 Å². The fourth-order valence-electron chi connectivity index (χ4n) is 2.38. The fraction of sp³-hybridized carbons (Fsp3) is 0.294. The molecule has 1 atom stereocenters. The van der Waals surface area contributed by atoms with Crippen LogP contribution in [0.3, 0.4) is 0 Å². The summed E-state index contributed by atoms with van der Waals surface area (Å²) in [5.74, 6) is -1.14. The normalized spacial score (nSPS) is 12.6. The zero-order valence-electron chi connectivity index (χ0n) is 13.2. The summed E-state index contributed by atoms with van der Waals surface area (Å²) in [5, 5.41) is 0. The third kappa shape index (κ3) is 5.17. The first-order valence-electron chi connectivity index (χ1n) is 7.24. The maximum atomic E-state index is 12.8. The van der Waals surface area contributed by atoms with Crippen LogP contribution in [0.1, 0.15) is 17.2 Å². The number of carbonyl (C=O) groups excluding carboxylic acids is 1. The minimum Gasteiger partial charge on any atom is -0.339 e. The van der Waals surface area contributed by atoms with Gasteiger partial charge in [0.05, 0.1) is 23.9 Å². The van der Waals surface area contributed by atoms with Crippen LogP contribution < -0.4 is 0 Å². The molecule has 0 N–H and O–H groups in total. The van der Waals surface area contributed by atoms with Gasteiger partial charge in [-0.2, -0.15) is 0 Å². The highest BCUT2D eigenvalue weighted by Crippen LogP contribution is 2.21. The molecule has 0 radical (unpaired) electrons. The molecule has 0 spiro atoms. The average molecular weight is 332 g/mol. The van der Waals surface area contributed by atoms with Crippen LogP contribution in [0.5, 0.6) is 0 Å². The number of rotatable bonds is 6. The number of pyridine rings is 1. The summed E-state index contributed by atoms with van der Waals surface area (Å²) in [6.45, 7) is 0.340. The molecule has 0 unspecified atom stereocenters. The SMILES string of the molecule is CN(Cc1ccccn1)C(=O)[C@@H](CS(C)(=O)=O)c1ccccc1. The van der Waals surface area contributed by atoms with Gasteiger partial charge in [-0.3, -0.25) is 9.78 Å². The van der Waals surface area contributed by atoms with Gasteiger partial charge in [0, 0.05) is 19.5 Å². The second kappa shape index (κ2) is 7.37. The molecule has 23 heavy (non-hydrogen) atoms. The average Bonchev–Trinajstić information content (AvgIpc) is 2.53. The maximum absolute atomic E-state index is 12.8. The number of sulfone groups is 1.